The van der Waals surface area contributed by atoms with Crippen LogP contribution in [0, 0.1) is 11.6 Å². The minimum atomic E-state index is -0.971. The van der Waals surface area contributed by atoms with Gasteiger partial charge in [-0.05, 0) is 36.8 Å². The van der Waals surface area contributed by atoms with Crippen LogP contribution < -0.4 is 21.5 Å². The molecular formula is C26H27F2N7O2. The molecule has 1 aliphatic heterocycles. The molecule has 192 valence electrons. The summed E-state index contributed by atoms with van der Waals surface area (Å²) < 4.78 is 31.2. The van der Waals surface area contributed by atoms with Crippen molar-refractivity contribution in [2.75, 3.05) is 23.3 Å². The Bertz CT molecular complexity index is 1560. The summed E-state index contributed by atoms with van der Waals surface area (Å²) >= 11 is 0. The molecule has 9 nitrogen and oxygen atoms in total. The molecule has 0 spiro atoms. The number of fused-ring (bicyclic) bond motifs is 1. The first-order chi connectivity index (χ1) is 17.7. The zero-order valence-electron chi connectivity index (χ0n) is 20.7. The molecule has 1 fully saturated rings. The van der Waals surface area contributed by atoms with E-state index in [1.807, 2.05) is 17.7 Å². The number of hydrogen-bond acceptors (Lipinski definition) is 6. The smallest absolute Gasteiger partial charge is 0.276 e. The Kier molecular flexibility index (Phi) is 6.24. The first-order valence-corrected chi connectivity index (χ1v) is 12.0. The Morgan fingerprint density at radius 1 is 1.11 bits per heavy atom. The van der Waals surface area contributed by atoms with Crippen molar-refractivity contribution < 1.29 is 13.6 Å². The van der Waals surface area contributed by atoms with E-state index in [9.17, 15) is 18.4 Å². The van der Waals surface area contributed by atoms with Gasteiger partial charge >= 0.3 is 0 Å². The molecule has 4 aromatic rings. The molecule has 3 N–H and O–H groups in total. The van der Waals surface area contributed by atoms with Gasteiger partial charge in [-0.1, -0.05) is 19.9 Å². The minimum absolute atomic E-state index is 0.00650. The summed E-state index contributed by atoms with van der Waals surface area (Å²) in [4.78, 5) is 32.6. The Hall–Kier alpha value is -4.12. The number of carbonyl (C=O) groups excluding carboxylic acids is 1. The molecule has 0 radical (unpaired) electrons. The van der Waals surface area contributed by atoms with E-state index in [1.165, 1.54) is 12.1 Å². The number of rotatable bonds is 5. The molecule has 2 aromatic heterocycles. The second-order valence-electron chi connectivity index (χ2n) is 9.50. The lowest BCUT2D eigenvalue weighted by Gasteiger charge is -2.22. The van der Waals surface area contributed by atoms with Gasteiger partial charge in [-0.25, -0.2) is 13.8 Å². The highest BCUT2D eigenvalue weighted by molar-refractivity contribution is 6.08. The number of imidazole rings is 1. The topological polar surface area (TPSA) is 111 Å². The fourth-order valence-corrected chi connectivity index (χ4v) is 4.76. The van der Waals surface area contributed by atoms with E-state index >= 15 is 0 Å². The number of benzene rings is 2. The molecule has 1 unspecified atom stereocenters. The SMILES string of the molecule is CC(C)c1nc2c(N3CCC(N)C3)c(NC(=O)c3ccc(=O)n(-c4c(F)cccc4F)n3)ccc2n1C. The summed E-state index contributed by atoms with van der Waals surface area (Å²) in [5, 5.41) is 6.82. The van der Waals surface area contributed by atoms with E-state index in [0.29, 0.717) is 23.5 Å². The van der Waals surface area contributed by atoms with Crippen molar-refractivity contribution in [3.63, 3.8) is 0 Å². The fourth-order valence-electron chi connectivity index (χ4n) is 4.76. The van der Waals surface area contributed by atoms with Crippen molar-refractivity contribution in [3.8, 4) is 5.69 Å². The Morgan fingerprint density at radius 2 is 1.84 bits per heavy atom. The van der Waals surface area contributed by atoms with Crippen molar-refractivity contribution in [1.82, 2.24) is 19.3 Å². The van der Waals surface area contributed by atoms with Crippen LogP contribution >= 0.6 is 0 Å². The zero-order chi connectivity index (χ0) is 26.4. The van der Waals surface area contributed by atoms with Crippen molar-refractivity contribution in [2.45, 2.75) is 32.2 Å². The van der Waals surface area contributed by atoms with E-state index in [-0.39, 0.29) is 17.7 Å². The van der Waals surface area contributed by atoms with Crippen LogP contribution in [0.1, 0.15) is 42.5 Å². The summed E-state index contributed by atoms with van der Waals surface area (Å²) in [5.41, 5.74) is 7.47. The van der Waals surface area contributed by atoms with Gasteiger partial charge in [0, 0.05) is 38.2 Å². The van der Waals surface area contributed by atoms with Crippen LogP contribution in [0.4, 0.5) is 20.2 Å². The fraction of sp³-hybridized carbons (Fsp3) is 0.308. The summed E-state index contributed by atoms with van der Waals surface area (Å²) in [5.74, 6) is -1.49. The van der Waals surface area contributed by atoms with Crippen LogP contribution in [-0.2, 0) is 7.05 Å². The molecule has 37 heavy (non-hydrogen) atoms. The standard InChI is InChI=1S/C26H27F2N7O2/c1-14(2)25-31-22-20(33(25)3)9-7-18(24(22)34-12-11-15(29)13-34)30-26(37)19-8-10-21(36)35(32-19)23-16(27)5-4-6-17(23)28/h4-10,14-15H,11-13,29H2,1-3H3,(H,30,37). The highest BCUT2D eigenvalue weighted by atomic mass is 19.1. The van der Waals surface area contributed by atoms with E-state index < -0.39 is 28.8 Å². The van der Waals surface area contributed by atoms with Gasteiger partial charge in [0.15, 0.2) is 11.6 Å². The maximum Gasteiger partial charge on any atom is 0.276 e. The van der Waals surface area contributed by atoms with Gasteiger partial charge in [-0.3, -0.25) is 9.59 Å². The second kappa shape index (κ2) is 9.40. The van der Waals surface area contributed by atoms with Crippen molar-refractivity contribution in [2.24, 2.45) is 12.8 Å². The molecule has 0 bridgehead atoms. The quantitative estimate of drug-likeness (QED) is 0.429. The van der Waals surface area contributed by atoms with E-state index in [0.717, 1.165) is 47.2 Å². The first-order valence-electron chi connectivity index (χ1n) is 12.0. The predicted octanol–water partition coefficient (Wildman–Crippen LogP) is 3.31. The number of aryl methyl sites for hydroxylation is 1. The van der Waals surface area contributed by atoms with Crippen LogP contribution in [0.3, 0.4) is 0 Å². The number of hydrogen-bond donors (Lipinski definition) is 2. The summed E-state index contributed by atoms with van der Waals surface area (Å²) in [6.45, 7) is 5.43. The number of halogens is 2. The van der Waals surface area contributed by atoms with Gasteiger partial charge in [0.1, 0.15) is 22.7 Å². The van der Waals surface area contributed by atoms with E-state index in [4.69, 9.17) is 10.7 Å². The maximum atomic E-state index is 14.3. The summed E-state index contributed by atoms with van der Waals surface area (Å²) in [6, 6.07) is 9.14. The van der Waals surface area contributed by atoms with Crippen LogP contribution in [0.5, 0.6) is 0 Å². The molecular weight excluding hydrogens is 480 g/mol. The Morgan fingerprint density at radius 3 is 2.49 bits per heavy atom. The number of anilines is 2. The first kappa shape index (κ1) is 24.6. The van der Waals surface area contributed by atoms with Crippen molar-refractivity contribution in [1.29, 1.82) is 0 Å². The number of carbonyl (C=O) groups is 1. The van der Waals surface area contributed by atoms with Gasteiger partial charge < -0.3 is 20.5 Å². The van der Waals surface area contributed by atoms with Crippen LogP contribution in [0.2, 0.25) is 0 Å². The number of nitrogens with zero attached hydrogens (tertiary/aromatic N) is 5. The number of para-hydroxylation sites is 1. The second-order valence-corrected chi connectivity index (χ2v) is 9.50. The maximum absolute atomic E-state index is 14.3. The van der Waals surface area contributed by atoms with Gasteiger partial charge in [-0.15, -0.1) is 0 Å². The lowest BCUT2D eigenvalue weighted by atomic mass is 10.2. The van der Waals surface area contributed by atoms with E-state index in [1.54, 1.807) is 6.07 Å². The highest BCUT2D eigenvalue weighted by Crippen LogP contribution is 2.37. The molecule has 1 aliphatic rings. The number of amides is 1. The molecule has 0 aliphatic carbocycles. The normalized spacial score (nSPS) is 15.6. The Balaban J connectivity index is 1.58. The summed E-state index contributed by atoms with van der Waals surface area (Å²) in [6.07, 6.45) is 0.800. The largest absolute Gasteiger partial charge is 0.366 e. The van der Waals surface area contributed by atoms with Crippen molar-refractivity contribution >= 4 is 28.3 Å². The van der Waals surface area contributed by atoms with Crippen molar-refractivity contribution in [3.05, 3.63) is 76.0 Å². The monoisotopic (exact) mass is 507 g/mol. The Labute approximate surface area is 211 Å². The number of aromatic nitrogens is 4. The molecule has 11 heteroatoms. The van der Waals surface area contributed by atoms with Gasteiger partial charge in [-0.2, -0.15) is 9.78 Å². The number of nitrogens with two attached hydrogens (primary N) is 1. The third kappa shape index (κ3) is 4.35. The molecule has 2 aromatic carbocycles. The average Bonchev–Trinajstić information content (AvgIpc) is 3.43. The predicted molar refractivity (Wildman–Crippen MR) is 137 cm³/mol. The molecule has 5 rings (SSSR count). The van der Waals surface area contributed by atoms with E-state index in [2.05, 4.69) is 29.2 Å². The molecule has 1 saturated heterocycles. The molecule has 1 atom stereocenters. The van der Waals surface area contributed by atoms with Gasteiger partial charge in [0.05, 0.1) is 16.9 Å². The van der Waals surface area contributed by atoms with Crippen LogP contribution in [-0.4, -0.2) is 44.4 Å². The molecule has 1 amide bonds. The molecule has 3 heterocycles. The zero-order valence-corrected chi connectivity index (χ0v) is 20.7. The highest BCUT2D eigenvalue weighted by Gasteiger charge is 2.27. The van der Waals surface area contributed by atoms with Gasteiger partial charge in [0.2, 0.25) is 0 Å². The third-order valence-electron chi connectivity index (χ3n) is 6.55. The third-order valence-corrected chi connectivity index (χ3v) is 6.55. The summed E-state index contributed by atoms with van der Waals surface area (Å²) in [7, 11) is 1.96. The van der Waals surface area contributed by atoms with Crippen LogP contribution in [0.25, 0.3) is 16.7 Å². The number of nitrogens with one attached hydrogen (secondary N) is 1. The molecule has 0 saturated carbocycles. The average molecular weight is 508 g/mol. The van der Waals surface area contributed by atoms with Gasteiger partial charge in [0.25, 0.3) is 11.5 Å². The lowest BCUT2D eigenvalue weighted by Crippen LogP contribution is -2.28. The lowest BCUT2D eigenvalue weighted by molar-refractivity contribution is 0.102. The van der Waals surface area contributed by atoms with Crippen LogP contribution in [0.15, 0.2) is 47.3 Å². The minimum Gasteiger partial charge on any atom is -0.366 e.